The van der Waals surface area contributed by atoms with Gasteiger partial charge in [0.1, 0.15) is 20.7 Å². The van der Waals surface area contributed by atoms with Crippen molar-refractivity contribution in [1.29, 1.82) is 0 Å². The maximum Gasteiger partial charge on any atom is 0.418 e. The molecule has 0 saturated heterocycles. The first-order valence-electron chi connectivity index (χ1n) is 8.51. The summed E-state index contributed by atoms with van der Waals surface area (Å²) in [7, 11) is 0. The number of thiazole rings is 1. The van der Waals surface area contributed by atoms with E-state index in [-0.39, 0.29) is 21.4 Å². The first kappa shape index (κ1) is 23.6. The number of halogens is 5. The minimum Gasteiger partial charge on any atom is -0.342 e. The average molecular weight is 507 g/mol. The minimum atomic E-state index is -4.72. The van der Waals surface area contributed by atoms with Crippen molar-refractivity contribution in [3.63, 3.8) is 0 Å². The number of hydrogen-bond acceptors (Lipinski definition) is 7. The van der Waals surface area contributed by atoms with E-state index in [0.717, 1.165) is 23.9 Å². The number of carbonyl (C=O) groups excluding carboxylic acids is 2. The van der Waals surface area contributed by atoms with Gasteiger partial charge >= 0.3 is 6.18 Å². The molecule has 3 heterocycles. The largest absolute Gasteiger partial charge is 0.418 e. The Kier molecular flexibility index (Phi) is 6.81. The van der Waals surface area contributed by atoms with Crippen LogP contribution in [0.1, 0.15) is 43.7 Å². The third kappa shape index (κ3) is 5.23. The summed E-state index contributed by atoms with van der Waals surface area (Å²) in [5.74, 6) is -1.84. The van der Waals surface area contributed by atoms with E-state index in [0.29, 0.717) is 11.1 Å². The minimum absolute atomic E-state index is 0.0544. The number of nitrogens with one attached hydrogen (secondary N) is 3. The number of aromatic nitrogens is 4. The monoisotopic (exact) mass is 506 g/mol. The molecule has 9 nitrogen and oxygen atoms in total. The van der Waals surface area contributed by atoms with Gasteiger partial charge in [-0.25, -0.2) is 15.0 Å². The number of rotatable bonds is 5. The Morgan fingerprint density at radius 1 is 1.16 bits per heavy atom. The maximum atomic E-state index is 13.0. The Morgan fingerprint density at radius 3 is 2.56 bits per heavy atom. The van der Waals surface area contributed by atoms with Gasteiger partial charge in [0.2, 0.25) is 0 Å². The van der Waals surface area contributed by atoms with Crippen molar-refractivity contribution in [3.05, 3.63) is 66.3 Å². The molecule has 168 valence electrons. The van der Waals surface area contributed by atoms with Crippen molar-refractivity contribution in [2.45, 2.75) is 19.1 Å². The Balaban J connectivity index is 1.71. The summed E-state index contributed by atoms with van der Waals surface area (Å²) >= 11 is 12.2. The summed E-state index contributed by atoms with van der Waals surface area (Å²) < 4.78 is 38.9. The van der Waals surface area contributed by atoms with Crippen molar-refractivity contribution in [2.24, 2.45) is 0 Å². The summed E-state index contributed by atoms with van der Waals surface area (Å²) in [5, 5.41) is 4.10. The normalized spacial score (nSPS) is 12.3. The Morgan fingerprint density at radius 2 is 1.88 bits per heavy atom. The van der Waals surface area contributed by atoms with E-state index in [1.165, 1.54) is 6.20 Å². The summed E-state index contributed by atoms with van der Waals surface area (Å²) in [6, 6.07) is -0.0831. The standard InChI is InChI=1S/C17H11Cl2F3N6O3S/c1-6(27-15(31)12-11(19)14(30)26-5-25-12)16-24-4-9(32-16)13(29)28-10-2-7(17(20,21)22)8(18)3-23-10/h2-6H,1H3,(H,27,31)(H,23,28,29)(H,25,26,30). The third-order valence-electron chi connectivity index (χ3n) is 3.88. The van der Waals surface area contributed by atoms with Crippen molar-refractivity contribution in [3.8, 4) is 0 Å². The lowest BCUT2D eigenvalue weighted by Crippen LogP contribution is -2.29. The van der Waals surface area contributed by atoms with Crippen molar-refractivity contribution in [1.82, 2.24) is 25.3 Å². The summed E-state index contributed by atoms with van der Waals surface area (Å²) in [5.41, 5.74) is -2.11. The van der Waals surface area contributed by atoms with Gasteiger partial charge in [-0.2, -0.15) is 13.2 Å². The predicted molar refractivity (Wildman–Crippen MR) is 110 cm³/mol. The number of hydrogen-bond donors (Lipinski definition) is 3. The second-order valence-corrected chi connectivity index (χ2v) is 8.00. The Labute approximate surface area is 191 Å². The van der Waals surface area contributed by atoms with Crippen LogP contribution in [0.25, 0.3) is 0 Å². The fraction of sp³-hybridized carbons (Fsp3) is 0.176. The molecule has 3 N–H and O–H groups in total. The van der Waals surface area contributed by atoms with E-state index >= 15 is 0 Å². The van der Waals surface area contributed by atoms with Crippen LogP contribution in [0.4, 0.5) is 19.0 Å². The van der Waals surface area contributed by atoms with Crippen LogP contribution < -0.4 is 16.2 Å². The molecule has 0 aliphatic carbocycles. The second kappa shape index (κ2) is 9.22. The van der Waals surface area contributed by atoms with Gasteiger partial charge in [-0.3, -0.25) is 14.4 Å². The molecule has 2 amide bonds. The lowest BCUT2D eigenvalue weighted by atomic mass is 10.2. The van der Waals surface area contributed by atoms with Crippen LogP contribution in [-0.4, -0.2) is 31.8 Å². The van der Waals surface area contributed by atoms with E-state index < -0.39 is 40.2 Å². The smallest absolute Gasteiger partial charge is 0.342 e. The average Bonchev–Trinajstić information content (AvgIpc) is 3.21. The molecule has 0 fully saturated rings. The number of nitrogens with zero attached hydrogens (tertiary/aromatic N) is 3. The van der Waals surface area contributed by atoms with Gasteiger partial charge in [-0.05, 0) is 13.0 Å². The van der Waals surface area contributed by atoms with E-state index in [2.05, 4.69) is 30.6 Å². The molecule has 1 atom stereocenters. The molecular weight excluding hydrogens is 496 g/mol. The highest BCUT2D eigenvalue weighted by Crippen LogP contribution is 2.35. The number of alkyl halides is 3. The lowest BCUT2D eigenvalue weighted by Gasteiger charge is -2.11. The van der Waals surface area contributed by atoms with Gasteiger partial charge in [0.05, 0.1) is 29.2 Å². The third-order valence-corrected chi connectivity index (χ3v) is 5.71. The van der Waals surface area contributed by atoms with E-state index in [1.807, 2.05) is 0 Å². The van der Waals surface area contributed by atoms with Gasteiger partial charge in [0.15, 0.2) is 5.69 Å². The van der Waals surface area contributed by atoms with Crippen molar-refractivity contribution >= 4 is 52.2 Å². The van der Waals surface area contributed by atoms with Crippen LogP contribution in [-0.2, 0) is 6.18 Å². The molecule has 0 aliphatic rings. The molecular formula is C17H11Cl2F3N6O3S. The van der Waals surface area contributed by atoms with Crippen LogP contribution >= 0.6 is 34.5 Å². The first-order chi connectivity index (χ1) is 15.0. The van der Waals surface area contributed by atoms with Gasteiger partial charge in [0, 0.05) is 6.20 Å². The highest BCUT2D eigenvalue weighted by molar-refractivity contribution is 7.13. The molecule has 3 aromatic rings. The number of aromatic amines is 1. The van der Waals surface area contributed by atoms with Crippen molar-refractivity contribution < 1.29 is 22.8 Å². The summed E-state index contributed by atoms with van der Waals surface area (Å²) in [4.78, 5) is 49.9. The Bertz CT molecular complexity index is 1250. The zero-order chi connectivity index (χ0) is 23.6. The molecule has 3 aromatic heterocycles. The molecule has 32 heavy (non-hydrogen) atoms. The van der Waals surface area contributed by atoms with Gasteiger partial charge in [0.25, 0.3) is 17.4 Å². The molecule has 0 radical (unpaired) electrons. The molecule has 0 spiro atoms. The molecule has 0 bridgehead atoms. The fourth-order valence-electron chi connectivity index (χ4n) is 2.36. The highest BCUT2D eigenvalue weighted by Gasteiger charge is 2.34. The predicted octanol–water partition coefficient (Wildman–Crippen LogP) is 3.69. The maximum absolute atomic E-state index is 13.0. The van der Waals surface area contributed by atoms with Crippen LogP contribution in [0.5, 0.6) is 0 Å². The van der Waals surface area contributed by atoms with Gasteiger partial charge in [-0.15, -0.1) is 11.3 Å². The molecule has 0 aromatic carbocycles. The number of amides is 2. The molecule has 1 unspecified atom stereocenters. The zero-order valence-corrected chi connectivity index (χ0v) is 18.1. The van der Waals surface area contributed by atoms with Crippen LogP contribution in [0.15, 0.2) is 29.6 Å². The molecule has 0 saturated carbocycles. The second-order valence-electron chi connectivity index (χ2n) is 6.15. The first-order valence-corrected chi connectivity index (χ1v) is 10.1. The topological polar surface area (TPSA) is 130 Å². The van der Waals surface area contributed by atoms with Gasteiger partial charge in [-0.1, -0.05) is 23.2 Å². The summed E-state index contributed by atoms with van der Waals surface area (Å²) in [6.07, 6.45) is -1.72. The van der Waals surface area contributed by atoms with E-state index in [9.17, 15) is 27.6 Å². The summed E-state index contributed by atoms with van der Waals surface area (Å²) in [6.45, 7) is 1.57. The van der Waals surface area contributed by atoms with Crippen LogP contribution in [0.2, 0.25) is 10.0 Å². The van der Waals surface area contributed by atoms with Crippen LogP contribution in [0, 0.1) is 0 Å². The number of pyridine rings is 1. The lowest BCUT2D eigenvalue weighted by molar-refractivity contribution is -0.137. The van der Waals surface area contributed by atoms with Gasteiger partial charge < -0.3 is 15.6 Å². The molecule has 0 aliphatic heterocycles. The zero-order valence-electron chi connectivity index (χ0n) is 15.8. The quantitative estimate of drug-likeness (QED) is 0.483. The fourth-order valence-corrected chi connectivity index (χ4v) is 3.58. The van der Waals surface area contributed by atoms with E-state index in [1.54, 1.807) is 6.92 Å². The van der Waals surface area contributed by atoms with Crippen LogP contribution in [0.3, 0.4) is 0 Å². The molecule has 3 rings (SSSR count). The van der Waals surface area contributed by atoms with E-state index in [4.69, 9.17) is 23.2 Å². The Hall–Kier alpha value is -3.03. The highest BCUT2D eigenvalue weighted by atomic mass is 35.5. The van der Waals surface area contributed by atoms with Crippen molar-refractivity contribution in [2.75, 3.05) is 5.32 Å². The number of carbonyl (C=O) groups is 2. The molecule has 15 heteroatoms. The number of H-pyrrole nitrogens is 1. The number of anilines is 1. The SMILES string of the molecule is CC(NC(=O)c1nc[nH]c(=O)c1Cl)c1ncc(C(=O)Nc2cc(C(F)(F)F)c(Cl)cn2)s1.